The highest BCUT2D eigenvalue weighted by atomic mass is 19.4. The average molecular weight is 901 g/mol. The van der Waals surface area contributed by atoms with Gasteiger partial charge in [-0.2, -0.15) is 13.2 Å². The first-order valence-corrected chi connectivity index (χ1v) is 22.2. The van der Waals surface area contributed by atoms with E-state index in [1.54, 1.807) is 9.80 Å². The zero-order valence-corrected chi connectivity index (χ0v) is 37.2. The second-order valence-electron chi connectivity index (χ2n) is 17.8. The summed E-state index contributed by atoms with van der Waals surface area (Å²) in [7, 11) is 2.52. The number of aromatic nitrogens is 5. The summed E-state index contributed by atoms with van der Waals surface area (Å²) in [5.41, 5.74) is 4.32. The van der Waals surface area contributed by atoms with Gasteiger partial charge < -0.3 is 44.8 Å². The van der Waals surface area contributed by atoms with Crippen LogP contribution in [-0.4, -0.2) is 98.1 Å². The number of alkyl halides is 3. The van der Waals surface area contributed by atoms with Crippen molar-refractivity contribution in [2.45, 2.75) is 109 Å². The second kappa shape index (κ2) is 18.2. The van der Waals surface area contributed by atoms with Gasteiger partial charge in [-0.25, -0.2) is 24.5 Å². The first-order valence-electron chi connectivity index (χ1n) is 22.2. The number of likely N-dealkylation sites (tertiary alicyclic amines) is 2. The molecule has 3 aliphatic rings. The van der Waals surface area contributed by atoms with E-state index in [0.717, 1.165) is 41.1 Å². The van der Waals surface area contributed by atoms with E-state index < -0.39 is 36.1 Å². The van der Waals surface area contributed by atoms with Crippen LogP contribution in [0.15, 0.2) is 54.7 Å². The van der Waals surface area contributed by atoms with Crippen LogP contribution in [0.5, 0.6) is 0 Å². The normalized spacial score (nSPS) is 21.1. The van der Waals surface area contributed by atoms with Gasteiger partial charge in [-0.15, -0.1) is 0 Å². The molecule has 4 N–H and O–H groups in total. The lowest BCUT2D eigenvalue weighted by Crippen LogP contribution is -2.51. The maximum absolute atomic E-state index is 13.8. The minimum atomic E-state index is -4.60. The number of imidazole rings is 2. The molecular formula is C46H55F3N10O6. The van der Waals surface area contributed by atoms with Crippen molar-refractivity contribution in [1.82, 2.24) is 45.4 Å². The fourth-order valence-electron chi connectivity index (χ4n) is 9.74. The van der Waals surface area contributed by atoms with E-state index in [9.17, 15) is 32.3 Å². The number of alkyl carbamates (subject to hydrolysis) is 2. The Bertz CT molecular complexity index is 2410. The number of pyridine rings is 1. The van der Waals surface area contributed by atoms with Crippen LogP contribution in [0.3, 0.4) is 0 Å². The molecular weight excluding hydrogens is 846 g/mol. The van der Waals surface area contributed by atoms with Crippen LogP contribution in [0.25, 0.3) is 22.1 Å². The Balaban J connectivity index is 1.09. The molecule has 5 aromatic rings. The maximum atomic E-state index is 13.8. The van der Waals surface area contributed by atoms with Gasteiger partial charge in [-0.05, 0) is 97.9 Å². The maximum Gasteiger partial charge on any atom is 0.433 e. The fraction of sp³-hybridized carbons (Fsp3) is 0.500. The predicted molar refractivity (Wildman–Crippen MR) is 234 cm³/mol. The smallest absolute Gasteiger partial charge is 0.433 e. The molecule has 0 bridgehead atoms. The predicted octanol–water partition coefficient (Wildman–Crippen LogP) is 8.02. The van der Waals surface area contributed by atoms with E-state index in [-0.39, 0.29) is 47.8 Å². The summed E-state index contributed by atoms with van der Waals surface area (Å²) in [6.07, 6.45) is -0.419. The standard InChI is InChI=1S/C46H55F3N10O6/c1-24(2)38(55-44(62)64-5)42(60)57-19-7-9-35(57)40-51-29-14-11-26(21-31(29)53-40)33-16-17-34(59(33)28-13-18-37(50-23-28)46(47,48)49)27-12-15-30-32(22-27)54-41(52-30)36-10-8-20-58(36)43(61)39(25(3)4)56-45(63)65-6/h11-15,18,21-25,33-36,38-39H,7-10,16-17,19-20H2,1-6H3,(H,51,53)(H,52,54)(H,55,62)(H,56,63)/t33-,34?,35+,36+,38+,39+/m1/s1. The number of hydrogen-bond donors (Lipinski definition) is 4. The van der Waals surface area contributed by atoms with E-state index in [1.165, 1.54) is 26.5 Å². The number of benzene rings is 2. The first-order chi connectivity index (χ1) is 31.1. The number of H-pyrrole nitrogens is 2. The van der Waals surface area contributed by atoms with Crippen LogP contribution in [0.1, 0.15) is 119 Å². The minimum Gasteiger partial charge on any atom is -0.453 e. The zero-order chi connectivity index (χ0) is 46.3. The van der Waals surface area contributed by atoms with Crippen LogP contribution < -0.4 is 15.5 Å². The van der Waals surface area contributed by atoms with E-state index in [1.807, 2.05) is 64.1 Å². The van der Waals surface area contributed by atoms with Crippen molar-refractivity contribution in [2.75, 3.05) is 32.2 Å². The number of hydrogen-bond acceptors (Lipinski definition) is 10. The Morgan fingerprint density at radius 3 is 1.52 bits per heavy atom. The highest BCUT2D eigenvalue weighted by molar-refractivity contribution is 5.87. The Morgan fingerprint density at radius 2 is 1.14 bits per heavy atom. The van der Waals surface area contributed by atoms with Gasteiger partial charge in [0.1, 0.15) is 29.4 Å². The number of anilines is 1. The number of carbonyl (C=O) groups excluding carboxylic acids is 4. The third-order valence-electron chi connectivity index (χ3n) is 13.0. The molecule has 0 radical (unpaired) electrons. The topological polar surface area (TPSA) is 191 Å². The molecule has 0 spiro atoms. The van der Waals surface area contributed by atoms with Gasteiger partial charge in [-0.3, -0.25) is 9.59 Å². The number of ether oxygens (including phenoxy) is 2. The number of methoxy groups -OCH3 is 2. The van der Waals surface area contributed by atoms with Crippen LogP contribution in [-0.2, 0) is 25.2 Å². The molecule has 6 atom stereocenters. The largest absolute Gasteiger partial charge is 0.453 e. The Hall–Kier alpha value is -6.40. The Labute approximate surface area is 374 Å². The summed E-state index contributed by atoms with van der Waals surface area (Å²) in [5.74, 6) is 0.478. The van der Waals surface area contributed by atoms with Crippen molar-refractivity contribution in [1.29, 1.82) is 0 Å². The minimum absolute atomic E-state index is 0.181. The molecule has 16 nitrogen and oxygen atoms in total. The van der Waals surface area contributed by atoms with E-state index >= 15 is 0 Å². The van der Waals surface area contributed by atoms with Crippen molar-refractivity contribution in [2.24, 2.45) is 11.8 Å². The van der Waals surface area contributed by atoms with E-state index in [4.69, 9.17) is 19.4 Å². The third-order valence-corrected chi connectivity index (χ3v) is 13.0. The van der Waals surface area contributed by atoms with Gasteiger partial charge in [0, 0.05) is 13.1 Å². The first kappa shape index (κ1) is 45.2. The molecule has 65 heavy (non-hydrogen) atoms. The lowest BCUT2D eigenvalue weighted by atomic mass is 10.0. The van der Waals surface area contributed by atoms with Gasteiger partial charge in [0.05, 0.1) is 72.3 Å². The van der Waals surface area contributed by atoms with Crippen LogP contribution in [0.4, 0.5) is 28.4 Å². The lowest BCUT2D eigenvalue weighted by Gasteiger charge is -2.33. The summed E-state index contributed by atoms with van der Waals surface area (Å²) < 4.78 is 50.8. The number of nitrogens with zero attached hydrogens (tertiary/aromatic N) is 6. The number of halogens is 3. The van der Waals surface area contributed by atoms with Gasteiger partial charge in [0.15, 0.2) is 0 Å². The molecule has 8 rings (SSSR count). The Morgan fingerprint density at radius 1 is 0.677 bits per heavy atom. The van der Waals surface area contributed by atoms with Crippen molar-refractivity contribution in [3.8, 4) is 0 Å². The van der Waals surface area contributed by atoms with Crippen molar-refractivity contribution >= 4 is 51.8 Å². The number of carbonyl (C=O) groups is 4. The zero-order valence-electron chi connectivity index (χ0n) is 37.2. The summed E-state index contributed by atoms with van der Waals surface area (Å²) in [6.45, 7) is 8.48. The molecule has 3 saturated heterocycles. The monoisotopic (exact) mass is 900 g/mol. The summed E-state index contributed by atoms with van der Waals surface area (Å²) in [5, 5.41) is 5.37. The number of amides is 4. The molecule has 6 heterocycles. The third kappa shape index (κ3) is 9.01. The van der Waals surface area contributed by atoms with Gasteiger partial charge in [-0.1, -0.05) is 39.8 Å². The summed E-state index contributed by atoms with van der Waals surface area (Å²) >= 11 is 0. The highest BCUT2D eigenvalue weighted by Gasteiger charge is 2.41. The molecule has 3 aromatic heterocycles. The molecule has 19 heteroatoms. The molecule has 1 unspecified atom stereocenters. The molecule has 2 aromatic carbocycles. The molecule has 346 valence electrons. The van der Waals surface area contributed by atoms with Crippen molar-refractivity contribution in [3.63, 3.8) is 0 Å². The van der Waals surface area contributed by atoms with Crippen LogP contribution in [0, 0.1) is 11.8 Å². The number of nitrogens with one attached hydrogen (secondary N) is 4. The molecule has 4 amide bonds. The van der Waals surface area contributed by atoms with Gasteiger partial charge >= 0.3 is 18.4 Å². The van der Waals surface area contributed by atoms with E-state index in [2.05, 4.69) is 30.5 Å². The number of aromatic amines is 2. The van der Waals surface area contributed by atoms with Gasteiger partial charge in [0.2, 0.25) is 11.8 Å². The summed E-state index contributed by atoms with van der Waals surface area (Å²) in [4.78, 5) is 78.1. The van der Waals surface area contributed by atoms with Crippen LogP contribution >= 0.6 is 0 Å². The Kier molecular flexibility index (Phi) is 12.7. The van der Waals surface area contributed by atoms with Gasteiger partial charge in [0.25, 0.3) is 0 Å². The van der Waals surface area contributed by atoms with E-state index in [0.29, 0.717) is 67.1 Å². The second-order valence-corrected chi connectivity index (χ2v) is 17.8. The molecule has 0 saturated carbocycles. The molecule has 3 aliphatic heterocycles. The summed E-state index contributed by atoms with van der Waals surface area (Å²) in [6, 6.07) is 11.6. The quantitative estimate of drug-likeness (QED) is 0.101. The fourth-order valence-corrected chi connectivity index (χ4v) is 9.74. The SMILES string of the molecule is COC(=O)N[C@H](C(=O)N1CCC[C@H]1c1nc2ccc(C3CC[C@H](c4ccc5nc([C@@H]6CCCN6C(=O)[C@@H](NC(=O)OC)C(C)C)[nH]c5c4)N3c3ccc(C(F)(F)F)nc3)cc2[nH]1)C(C)C. The molecule has 3 fully saturated rings. The van der Waals surface area contributed by atoms with Crippen molar-refractivity contribution < 1.29 is 41.8 Å². The number of fused-ring (bicyclic) bond motifs is 2. The highest BCUT2D eigenvalue weighted by Crippen LogP contribution is 2.48. The lowest BCUT2D eigenvalue weighted by molar-refractivity contribution is -0.141. The average Bonchev–Trinajstić information content (AvgIpc) is 4.14. The number of rotatable bonds is 11. The molecule has 0 aliphatic carbocycles. The van der Waals surface area contributed by atoms with Crippen LogP contribution in [0.2, 0.25) is 0 Å². The van der Waals surface area contributed by atoms with Crippen molar-refractivity contribution in [3.05, 3.63) is 83.2 Å².